The highest BCUT2D eigenvalue weighted by molar-refractivity contribution is 7.91. The molecule has 2 aliphatic heterocycles. The highest BCUT2D eigenvalue weighted by atomic mass is 32.2. The van der Waals surface area contributed by atoms with E-state index in [1.807, 2.05) is 0 Å². The molecule has 2 heterocycles. The molecule has 0 aromatic rings. The third kappa shape index (κ3) is 9.49. The molecule has 0 N–H and O–H groups in total. The number of ether oxygens (including phenoxy) is 2. The van der Waals surface area contributed by atoms with Crippen molar-refractivity contribution in [1.29, 1.82) is 0 Å². The molecule has 0 aliphatic carbocycles. The van der Waals surface area contributed by atoms with E-state index < -0.39 is 19.7 Å². The van der Waals surface area contributed by atoms with Gasteiger partial charge in [-0.1, -0.05) is 0 Å². The maximum atomic E-state index is 11.6. The van der Waals surface area contributed by atoms with E-state index in [0.717, 1.165) is 32.4 Å². The van der Waals surface area contributed by atoms with Gasteiger partial charge in [-0.15, -0.1) is 0 Å². The topological polar surface area (TPSA) is 93.2 Å². The van der Waals surface area contributed by atoms with Gasteiger partial charge in [-0.05, 0) is 31.7 Å². The Bertz CT molecular complexity index is 625. The Labute approximate surface area is 170 Å². The lowest BCUT2D eigenvalue weighted by atomic mass is 9.98. The molecule has 10 heteroatoms. The number of methoxy groups -OCH3 is 1. The van der Waals surface area contributed by atoms with E-state index in [4.69, 9.17) is 9.47 Å². The van der Waals surface area contributed by atoms with Gasteiger partial charge in [0.15, 0.2) is 19.7 Å². The Balaban J connectivity index is 1.73. The molecule has 2 fully saturated rings. The molecule has 166 valence electrons. The van der Waals surface area contributed by atoms with Crippen molar-refractivity contribution in [2.75, 3.05) is 89.2 Å². The third-order valence-corrected chi connectivity index (χ3v) is 8.80. The van der Waals surface area contributed by atoms with Crippen LogP contribution in [0.5, 0.6) is 0 Å². The first kappa shape index (κ1) is 24.0. The summed E-state index contributed by atoms with van der Waals surface area (Å²) < 4.78 is 57.0. The first-order valence-corrected chi connectivity index (χ1v) is 13.9. The van der Waals surface area contributed by atoms with Crippen LogP contribution in [-0.4, -0.2) is 116 Å². The van der Waals surface area contributed by atoms with Gasteiger partial charge in [0.25, 0.3) is 0 Å². The maximum Gasteiger partial charge on any atom is 0.152 e. The zero-order valence-corrected chi connectivity index (χ0v) is 18.7. The fraction of sp³-hybridized carbons (Fsp3) is 1.00. The van der Waals surface area contributed by atoms with Crippen LogP contribution < -0.4 is 0 Å². The van der Waals surface area contributed by atoms with Crippen molar-refractivity contribution in [2.45, 2.75) is 19.3 Å². The summed E-state index contributed by atoms with van der Waals surface area (Å²) in [4.78, 5) is 4.50. The monoisotopic (exact) mass is 440 g/mol. The van der Waals surface area contributed by atoms with E-state index in [-0.39, 0.29) is 23.0 Å². The maximum absolute atomic E-state index is 11.6. The molecule has 0 amide bonds. The second-order valence-electron chi connectivity index (χ2n) is 7.85. The second kappa shape index (κ2) is 11.8. The smallest absolute Gasteiger partial charge is 0.152 e. The molecular weight excluding hydrogens is 404 g/mol. The Morgan fingerprint density at radius 3 is 1.93 bits per heavy atom. The van der Waals surface area contributed by atoms with Crippen LogP contribution in [-0.2, 0) is 29.1 Å². The number of hydrogen-bond donors (Lipinski definition) is 0. The Morgan fingerprint density at radius 1 is 0.786 bits per heavy atom. The standard InChI is InChI=1S/C18H36N2O6S2/c1-25-11-12-26-10-4-18(17-20-8-15-28(23,24)16-9-20)3-2-5-19-6-13-27(21,22)14-7-19/h18H,2-17H2,1H3. The minimum Gasteiger partial charge on any atom is -0.382 e. The summed E-state index contributed by atoms with van der Waals surface area (Å²) in [6.45, 7) is 6.19. The van der Waals surface area contributed by atoms with Gasteiger partial charge in [-0.3, -0.25) is 0 Å². The number of sulfone groups is 2. The highest BCUT2D eigenvalue weighted by Gasteiger charge is 2.24. The van der Waals surface area contributed by atoms with Crippen molar-refractivity contribution in [2.24, 2.45) is 5.92 Å². The van der Waals surface area contributed by atoms with Gasteiger partial charge in [-0.25, -0.2) is 16.8 Å². The van der Waals surface area contributed by atoms with Gasteiger partial charge >= 0.3 is 0 Å². The van der Waals surface area contributed by atoms with Crippen molar-refractivity contribution >= 4 is 19.7 Å². The zero-order chi connectivity index (χ0) is 20.5. The molecule has 1 atom stereocenters. The molecule has 0 aromatic heterocycles. The molecular formula is C18H36N2O6S2. The average molecular weight is 441 g/mol. The van der Waals surface area contributed by atoms with Crippen LogP contribution >= 0.6 is 0 Å². The molecule has 0 bridgehead atoms. The molecule has 28 heavy (non-hydrogen) atoms. The van der Waals surface area contributed by atoms with Gasteiger partial charge in [0.1, 0.15) is 0 Å². The summed E-state index contributed by atoms with van der Waals surface area (Å²) in [5.74, 6) is 1.51. The normalized spacial score (nSPS) is 24.2. The summed E-state index contributed by atoms with van der Waals surface area (Å²) in [5.41, 5.74) is 0. The molecule has 0 spiro atoms. The van der Waals surface area contributed by atoms with Crippen LogP contribution in [0.25, 0.3) is 0 Å². The van der Waals surface area contributed by atoms with E-state index in [1.54, 1.807) is 7.11 Å². The summed E-state index contributed by atoms with van der Waals surface area (Å²) in [7, 11) is -4.03. The lowest BCUT2D eigenvalue weighted by Gasteiger charge is -2.31. The summed E-state index contributed by atoms with van der Waals surface area (Å²) in [6, 6.07) is 0. The zero-order valence-electron chi connectivity index (χ0n) is 17.1. The fourth-order valence-electron chi connectivity index (χ4n) is 3.70. The third-order valence-electron chi connectivity index (χ3n) is 5.58. The van der Waals surface area contributed by atoms with Crippen molar-refractivity contribution in [3.63, 3.8) is 0 Å². The van der Waals surface area contributed by atoms with E-state index >= 15 is 0 Å². The first-order valence-electron chi connectivity index (χ1n) is 10.2. The largest absolute Gasteiger partial charge is 0.382 e. The highest BCUT2D eigenvalue weighted by Crippen LogP contribution is 2.17. The van der Waals surface area contributed by atoms with E-state index in [9.17, 15) is 16.8 Å². The van der Waals surface area contributed by atoms with Gasteiger partial charge in [0.2, 0.25) is 0 Å². The van der Waals surface area contributed by atoms with Crippen LogP contribution in [0.3, 0.4) is 0 Å². The molecule has 2 saturated heterocycles. The average Bonchev–Trinajstić information content (AvgIpc) is 2.64. The van der Waals surface area contributed by atoms with Crippen molar-refractivity contribution in [3.8, 4) is 0 Å². The first-order chi connectivity index (χ1) is 13.3. The van der Waals surface area contributed by atoms with Crippen LogP contribution in [0.2, 0.25) is 0 Å². The predicted octanol–water partition coefficient (Wildman–Crippen LogP) is -0.103. The van der Waals surface area contributed by atoms with Crippen molar-refractivity contribution in [3.05, 3.63) is 0 Å². The summed E-state index contributed by atoms with van der Waals surface area (Å²) in [5, 5.41) is 0. The number of nitrogens with zero attached hydrogens (tertiary/aromatic N) is 2. The number of hydrogen-bond acceptors (Lipinski definition) is 8. The van der Waals surface area contributed by atoms with E-state index in [0.29, 0.717) is 51.9 Å². The summed E-state index contributed by atoms with van der Waals surface area (Å²) in [6.07, 6.45) is 3.01. The van der Waals surface area contributed by atoms with Crippen molar-refractivity contribution in [1.82, 2.24) is 9.80 Å². The molecule has 2 rings (SSSR count). The molecule has 8 nitrogen and oxygen atoms in total. The molecule has 2 aliphatic rings. The van der Waals surface area contributed by atoms with Gasteiger partial charge in [0, 0.05) is 46.4 Å². The Morgan fingerprint density at radius 2 is 1.36 bits per heavy atom. The lowest BCUT2D eigenvalue weighted by Crippen LogP contribution is -2.43. The number of rotatable bonds is 12. The lowest BCUT2D eigenvalue weighted by molar-refractivity contribution is 0.0597. The van der Waals surface area contributed by atoms with Gasteiger partial charge < -0.3 is 19.3 Å². The fourth-order valence-corrected chi connectivity index (χ4v) is 6.25. The van der Waals surface area contributed by atoms with Crippen molar-refractivity contribution < 1.29 is 26.3 Å². The van der Waals surface area contributed by atoms with Crippen LogP contribution in [0.15, 0.2) is 0 Å². The molecule has 0 saturated carbocycles. The van der Waals surface area contributed by atoms with E-state index in [1.165, 1.54) is 0 Å². The van der Waals surface area contributed by atoms with Gasteiger partial charge in [-0.2, -0.15) is 0 Å². The molecule has 0 radical (unpaired) electrons. The Kier molecular flexibility index (Phi) is 10.1. The Hall–Kier alpha value is -0.260. The molecule has 1 unspecified atom stereocenters. The predicted molar refractivity (Wildman–Crippen MR) is 110 cm³/mol. The quantitative estimate of drug-likeness (QED) is 0.388. The minimum atomic E-state index is -2.86. The molecule has 0 aromatic carbocycles. The second-order valence-corrected chi connectivity index (χ2v) is 12.5. The SMILES string of the molecule is COCCOCCC(CCCN1CCS(=O)(=O)CC1)CN1CCS(=O)(=O)CC1. The van der Waals surface area contributed by atoms with Crippen LogP contribution in [0.1, 0.15) is 19.3 Å². The van der Waals surface area contributed by atoms with Crippen LogP contribution in [0.4, 0.5) is 0 Å². The van der Waals surface area contributed by atoms with E-state index in [2.05, 4.69) is 9.80 Å². The summed E-state index contributed by atoms with van der Waals surface area (Å²) >= 11 is 0. The van der Waals surface area contributed by atoms with Crippen LogP contribution in [0, 0.1) is 5.92 Å². The van der Waals surface area contributed by atoms with Gasteiger partial charge in [0.05, 0.1) is 36.2 Å². The minimum absolute atomic E-state index is 0.256.